The largest absolute Gasteiger partial charge is 0.464 e. The normalized spacial score (nSPS) is 10.5. The summed E-state index contributed by atoms with van der Waals surface area (Å²) in [5, 5.41) is 13.1. The van der Waals surface area contributed by atoms with Crippen molar-refractivity contribution >= 4 is 23.1 Å². The minimum Gasteiger partial charge on any atom is -0.464 e. The van der Waals surface area contributed by atoms with Crippen molar-refractivity contribution in [2.45, 2.75) is 4.21 Å². The lowest BCUT2D eigenvalue weighted by molar-refractivity contribution is 0.433. The van der Waals surface area contributed by atoms with Crippen molar-refractivity contribution in [3.8, 4) is 28.0 Å². The molecule has 0 fully saturated rings. The Labute approximate surface area is 117 Å². The summed E-state index contributed by atoms with van der Waals surface area (Å²) in [5.74, 6) is 1.31. The van der Waals surface area contributed by atoms with Gasteiger partial charge in [0.05, 0.1) is 32.7 Å². The maximum absolute atomic E-state index is 9.40. The van der Waals surface area contributed by atoms with E-state index >= 15 is 0 Å². The Morgan fingerprint density at radius 1 is 1.37 bits per heavy atom. The van der Waals surface area contributed by atoms with Gasteiger partial charge in [-0.25, -0.2) is 0 Å². The molecule has 3 aromatic heterocycles. The van der Waals surface area contributed by atoms with E-state index in [1.807, 2.05) is 12.3 Å². The van der Waals surface area contributed by atoms with Crippen LogP contribution in [0.25, 0.3) is 22.0 Å². The summed E-state index contributed by atoms with van der Waals surface area (Å²) in [7, 11) is 0. The van der Waals surface area contributed by atoms with Gasteiger partial charge in [0, 0.05) is 6.07 Å². The van der Waals surface area contributed by atoms with Crippen molar-refractivity contribution in [3.63, 3.8) is 0 Å². The molecule has 0 radical (unpaired) electrons. The molecule has 19 heavy (non-hydrogen) atoms. The Balaban J connectivity index is 2.30. The molecule has 3 aromatic rings. The molecular weight excluding hydrogens is 280 g/mol. The van der Waals surface area contributed by atoms with Gasteiger partial charge >= 0.3 is 0 Å². The summed E-state index contributed by atoms with van der Waals surface area (Å²) in [4.78, 5) is 0.869. The molecule has 0 aliphatic rings. The lowest BCUT2D eigenvalue weighted by Crippen LogP contribution is -1.80. The Bertz CT molecular complexity index is 722. The molecule has 0 spiro atoms. The fourth-order valence-electron chi connectivity index (χ4n) is 1.82. The number of thioether (sulfide) groups is 1. The predicted octanol–water partition coefficient (Wildman–Crippen LogP) is 4.26. The van der Waals surface area contributed by atoms with Gasteiger partial charge in [0.1, 0.15) is 11.8 Å². The average molecular weight is 288 g/mol. The van der Waals surface area contributed by atoms with Crippen LogP contribution < -0.4 is 0 Å². The number of nitrogens with zero attached hydrogens (tertiary/aromatic N) is 2. The first-order valence-electron chi connectivity index (χ1n) is 5.41. The molecule has 0 aliphatic carbocycles. The molecule has 0 aromatic carbocycles. The van der Waals surface area contributed by atoms with Gasteiger partial charge < -0.3 is 8.94 Å². The Kier molecular flexibility index (Phi) is 3.15. The minimum absolute atomic E-state index is 0.624. The highest BCUT2D eigenvalue weighted by Gasteiger charge is 2.23. The quantitative estimate of drug-likeness (QED) is 0.674. The summed E-state index contributed by atoms with van der Waals surface area (Å²) in [5.41, 5.74) is 1.40. The molecule has 0 saturated heterocycles. The van der Waals surface area contributed by atoms with E-state index in [4.69, 9.17) is 8.94 Å². The van der Waals surface area contributed by atoms with Gasteiger partial charge in [0.15, 0.2) is 5.76 Å². The summed E-state index contributed by atoms with van der Waals surface area (Å²) < 4.78 is 11.6. The second kappa shape index (κ2) is 4.96. The van der Waals surface area contributed by atoms with Crippen LogP contribution in [0.3, 0.4) is 0 Å². The molecule has 3 rings (SSSR count). The summed E-state index contributed by atoms with van der Waals surface area (Å²) in [6.07, 6.45) is 5.13. The number of hydrogen-bond acceptors (Lipinski definition) is 6. The van der Waals surface area contributed by atoms with Crippen molar-refractivity contribution in [2.75, 3.05) is 6.26 Å². The zero-order valence-corrected chi connectivity index (χ0v) is 11.5. The highest BCUT2D eigenvalue weighted by atomic mass is 32.2. The Hall–Kier alpha value is -1.97. The maximum Gasteiger partial charge on any atom is 0.177 e. The monoisotopic (exact) mass is 288 g/mol. The van der Waals surface area contributed by atoms with E-state index in [1.54, 1.807) is 36.4 Å². The van der Waals surface area contributed by atoms with E-state index < -0.39 is 0 Å². The standard InChI is InChI=1S/C13H8N2O2S2/c1-18-13-8(7-14)11(9-3-2-6-16-9)12(19-13)10-4-5-15-17-10/h2-6H,1H3. The van der Waals surface area contributed by atoms with Crippen molar-refractivity contribution in [1.29, 1.82) is 5.26 Å². The second-order valence-electron chi connectivity index (χ2n) is 3.64. The first-order valence-corrected chi connectivity index (χ1v) is 7.45. The summed E-state index contributed by atoms with van der Waals surface area (Å²) >= 11 is 3.06. The SMILES string of the molecule is CSc1sc(-c2ccno2)c(-c2ccco2)c1C#N. The first kappa shape index (κ1) is 12.1. The van der Waals surface area contributed by atoms with E-state index in [9.17, 15) is 5.26 Å². The van der Waals surface area contributed by atoms with E-state index in [1.165, 1.54) is 11.3 Å². The van der Waals surface area contributed by atoms with Crippen molar-refractivity contribution in [3.05, 3.63) is 36.2 Å². The summed E-state index contributed by atoms with van der Waals surface area (Å²) in [6, 6.07) is 7.68. The van der Waals surface area contributed by atoms with Crippen LogP contribution in [0.2, 0.25) is 0 Å². The molecule has 0 amide bonds. The topological polar surface area (TPSA) is 63.0 Å². The lowest BCUT2D eigenvalue weighted by Gasteiger charge is -1.97. The fraction of sp³-hybridized carbons (Fsp3) is 0.0769. The second-order valence-corrected chi connectivity index (χ2v) is 5.73. The van der Waals surface area contributed by atoms with Gasteiger partial charge in [0.2, 0.25) is 0 Å². The van der Waals surface area contributed by atoms with Crippen molar-refractivity contribution in [2.24, 2.45) is 0 Å². The minimum atomic E-state index is 0.624. The van der Waals surface area contributed by atoms with Gasteiger partial charge in [0.25, 0.3) is 0 Å². The molecule has 0 atom stereocenters. The van der Waals surface area contributed by atoms with Crippen LogP contribution in [0.15, 0.2) is 43.8 Å². The van der Waals surface area contributed by atoms with Crippen LogP contribution in [-0.2, 0) is 0 Å². The number of rotatable bonds is 3. The fourth-order valence-corrected chi connectivity index (χ4v) is 3.70. The van der Waals surface area contributed by atoms with Gasteiger partial charge in [-0.1, -0.05) is 5.16 Å². The Morgan fingerprint density at radius 2 is 2.26 bits per heavy atom. The van der Waals surface area contributed by atoms with Gasteiger partial charge in [-0.2, -0.15) is 5.26 Å². The van der Waals surface area contributed by atoms with E-state index in [0.717, 1.165) is 14.6 Å². The third kappa shape index (κ3) is 1.97. The van der Waals surface area contributed by atoms with Crippen LogP contribution >= 0.6 is 23.1 Å². The van der Waals surface area contributed by atoms with Crippen LogP contribution in [-0.4, -0.2) is 11.4 Å². The predicted molar refractivity (Wildman–Crippen MR) is 74.0 cm³/mol. The van der Waals surface area contributed by atoms with E-state index in [-0.39, 0.29) is 0 Å². The zero-order valence-electron chi connectivity index (χ0n) is 9.91. The number of thiophene rings is 1. The van der Waals surface area contributed by atoms with E-state index in [0.29, 0.717) is 17.1 Å². The highest BCUT2D eigenvalue weighted by molar-refractivity contribution is 8.00. The third-order valence-electron chi connectivity index (χ3n) is 2.60. The first-order chi connectivity index (χ1) is 9.35. The Morgan fingerprint density at radius 3 is 2.84 bits per heavy atom. The van der Waals surface area contributed by atoms with Crippen molar-refractivity contribution in [1.82, 2.24) is 5.16 Å². The number of nitriles is 1. The van der Waals surface area contributed by atoms with Gasteiger partial charge in [-0.3, -0.25) is 0 Å². The van der Waals surface area contributed by atoms with Crippen molar-refractivity contribution < 1.29 is 8.94 Å². The molecule has 6 heteroatoms. The molecule has 94 valence electrons. The van der Waals surface area contributed by atoms with Crippen LogP contribution in [0.4, 0.5) is 0 Å². The lowest BCUT2D eigenvalue weighted by atomic mass is 10.1. The summed E-state index contributed by atoms with van der Waals surface area (Å²) in [6.45, 7) is 0. The molecule has 4 nitrogen and oxygen atoms in total. The van der Waals surface area contributed by atoms with Gasteiger partial charge in [-0.15, -0.1) is 23.1 Å². The van der Waals surface area contributed by atoms with Crippen LogP contribution in [0.5, 0.6) is 0 Å². The zero-order chi connectivity index (χ0) is 13.2. The molecule has 0 unspecified atom stereocenters. The maximum atomic E-state index is 9.40. The molecule has 0 saturated carbocycles. The van der Waals surface area contributed by atoms with Crippen LogP contribution in [0.1, 0.15) is 5.56 Å². The molecular formula is C13H8N2O2S2. The number of aromatic nitrogens is 1. The molecule has 3 heterocycles. The molecule has 0 N–H and O–H groups in total. The highest BCUT2D eigenvalue weighted by Crippen LogP contribution is 2.46. The average Bonchev–Trinajstić information content (AvgIpc) is 3.16. The van der Waals surface area contributed by atoms with Gasteiger partial charge in [-0.05, 0) is 18.4 Å². The number of furan rings is 1. The van der Waals surface area contributed by atoms with E-state index in [2.05, 4.69) is 11.2 Å². The smallest absolute Gasteiger partial charge is 0.177 e. The van der Waals surface area contributed by atoms with Crippen LogP contribution in [0, 0.1) is 11.3 Å². The third-order valence-corrected chi connectivity index (χ3v) is 4.93. The molecule has 0 bridgehead atoms. The number of hydrogen-bond donors (Lipinski definition) is 0. The molecule has 0 aliphatic heterocycles.